The van der Waals surface area contributed by atoms with Crippen LogP contribution < -0.4 is 5.32 Å². The van der Waals surface area contributed by atoms with Crippen molar-refractivity contribution in [3.05, 3.63) is 18.1 Å². The molecular formula is C7H8N2O. The maximum Gasteiger partial charge on any atom is 0.151 e. The first-order valence-electron chi connectivity index (χ1n) is 3.24. The molecule has 0 saturated carbocycles. The van der Waals surface area contributed by atoms with E-state index in [9.17, 15) is 0 Å². The molecule has 0 spiro atoms. The summed E-state index contributed by atoms with van der Waals surface area (Å²) in [4.78, 5) is 4.07. The molecule has 1 aromatic rings. The second-order valence-corrected chi connectivity index (χ2v) is 2.32. The number of hydrogen-bond donors (Lipinski definition) is 1. The summed E-state index contributed by atoms with van der Waals surface area (Å²) >= 11 is 0. The number of hydrogen-bond acceptors (Lipinski definition) is 3. The Bertz CT molecular complexity index is 264. The predicted octanol–water partition coefficient (Wildman–Crippen LogP) is 1.60. The van der Waals surface area contributed by atoms with Crippen molar-refractivity contribution in [1.82, 2.24) is 5.32 Å². The van der Waals surface area contributed by atoms with E-state index in [2.05, 4.69) is 10.3 Å². The highest BCUT2D eigenvalue weighted by atomic mass is 16.3. The molecule has 1 aliphatic heterocycles. The first-order chi connectivity index (χ1) is 4.88. The molecule has 2 heterocycles. The molecule has 0 radical (unpaired) electrons. The molecule has 1 atom stereocenters. The zero-order valence-electron chi connectivity index (χ0n) is 5.66. The van der Waals surface area contributed by atoms with Crippen LogP contribution in [0, 0.1) is 0 Å². The minimum absolute atomic E-state index is 0.252. The van der Waals surface area contributed by atoms with Crippen LogP contribution in [0.15, 0.2) is 21.7 Å². The fourth-order valence-electron chi connectivity index (χ4n) is 1.04. The molecule has 1 aromatic heterocycles. The van der Waals surface area contributed by atoms with Crippen LogP contribution in [0.5, 0.6) is 0 Å². The van der Waals surface area contributed by atoms with Crippen molar-refractivity contribution < 1.29 is 4.42 Å². The topological polar surface area (TPSA) is 37.5 Å². The number of furan rings is 1. The van der Waals surface area contributed by atoms with Gasteiger partial charge in [0.2, 0.25) is 0 Å². The molecular weight excluding hydrogens is 128 g/mol. The summed E-state index contributed by atoms with van der Waals surface area (Å²) in [5.74, 6) is 0.919. The van der Waals surface area contributed by atoms with Crippen LogP contribution in [0.3, 0.4) is 0 Å². The zero-order chi connectivity index (χ0) is 6.97. The smallest absolute Gasteiger partial charge is 0.151 e. The number of nitrogens with one attached hydrogen (secondary N) is 1. The Kier molecular flexibility index (Phi) is 1.03. The van der Waals surface area contributed by atoms with Crippen LogP contribution >= 0.6 is 0 Å². The maximum absolute atomic E-state index is 5.19. The molecule has 2 rings (SSSR count). The van der Waals surface area contributed by atoms with Gasteiger partial charge in [-0.2, -0.15) is 0 Å². The van der Waals surface area contributed by atoms with Crippen molar-refractivity contribution >= 4 is 12.0 Å². The summed E-state index contributed by atoms with van der Waals surface area (Å²) in [5.41, 5.74) is 0.936. The Morgan fingerprint density at radius 3 is 3.40 bits per heavy atom. The Morgan fingerprint density at radius 1 is 1.70 bits per heavy atom. The Balaban J connectivity index is 2.52. The van der Waals surface area contributed by atoms with Gasteiger partial charge in [-0.15, -0.1) is 0 Å². The highest BCUT2D eigenvalue weighted by Crippen LogP contribution is 2.28. The van der Waals surface area contributed by atoms with E-state index in [-0.39, 0.29) is 6.04 Å². The van der Waals surface area contributed by atoms with Gasteiger partial charge in [-0.3, -0.25) is 0 Å². The van der Waals surface area contributed by atoms with Crippen molar-refractivity contribution in [2.75, 3.05) is 0 Å². The number of aliphatic imine (C=N–C) groups is 1. The lowest BCUT2D eigenvalue weighted by Crippen LogP contribution is -2.18. The van der Waals surface area contributed by atoms with E-state index >= 15 is 0 Å². The molecule has 0 aromatic carbocycles. The van der Waals surface area contributed by atoms with E-state index in [1.807, 2.05) is 13.0 Å². The second-order valence-electron chi connectivity index (χ2n) is 2.32. The average molecular weight is 136 g/mol. The third-order valence-corrected chi connectivity index (χ3v) is 1.59. The molecule has 0 aliphatic carbocycles. The van der Waals surface area contributed by atoms with Crippen molar-refractivity contribution in [2.45, 2.75) is 13.0 Å². The minimum Gasteiger partial charge on any atom is -0.465 e. The highest BCUT2D eigenvalue weighted by molar-refractivity contribution is 5.66. The van der Waals surface area contributed by atoms with E-state index in [0.717, 1.165) is 11.4 Å². The van der Waals surface area contributed by atoms with Gasteiger partial charge in [0.15, 0.2) is 5.76 Å². The van der Waals surface area contributed by atoms with E-state index in [1.54, 1.807) is 12.6 Å². The van der Waals surface area contributed by atoms with Crippen LogP contribution in [0.4, 0.5) is 5.69 Å². The maximum atomic E-state index is 5.19. The molecule has 10 heavy (non-hydrogen) atoms. The normalized spacial score (nSPS) is 21.9. The number of rotatable bonds is 0. The van der Waals surface area contributed by atoms with Gasteiger partial charge in [-0.25, -0.2) is 4.99 Å². The summed E-state index contributed by atoms with van der Waals surface area (Å²) in [6.07, 6.45) is 3.36. The van der Waals surface area contributed by atoms with Crippen molar-refractivity contribution in [2.24, 2.45) is 4.99 Å². The van der Waals surface area contributed by atoms with Gasteiger partial charge in [-0.05, 0) is 6.92 Å². The molecule has 0 amide bonds. The van der Waals surface area contributed by atoms with E-state index < -0.39 is 0 Å². The fraction of sp³-hybridized carbons (Fsp3) is 0.286. The third kappa shape index (κ3) is 0.635. The zero-order valence-corrected chi connectivity index (χ0v) is 5.66. The largest absolute Gasteiger partial charge is 0.465 e. The minimum atomic E-state index is 0.252. The van der Waals surface area contributed by atoms with Gasteiger partial charge >= 0.3 is 0 Å². The summed E-state index contributed by atoms with van der Waals surface area (Å²) < 4.78 is 5.19. The molecule has 0 bridgehead atoms. The van der Waals surface area contributed by atoms with Crippen LogP contribution in [-0.4, -0.2) is 6.34 Å². The van der Waals surface area contributed by atoms with Gasteiger partial charge in [0.05, 0.1) is 18.6 Å². The van der Waals surface area contributed by atoms with Crippen LogP contribution in [0.25, 0.3) is 0 Å². The Hall–Kier alpha value is -1.25. The summed E-state index contributed by atoms with van der Waals surface area (Å²) in [6.45, 7) is 2.04. The summed E-state index contributed by atoms with van der Waals surface area (Å²) in [7, 11) is 0. The quantitative estimate of drug-likeness (QED) is 0.588. The van der Waals surface area contributed by atoms with E-state index in [1.165, 1.54) is 0 Å². The van der Waals surface area contributed by atoms with Crippen molar-refractivity contribution in [3.8, 4) is 0 Å². The van der Waals surface area contributed by atoms with Crippen LogP contribution in [0.2, 0.25) is 0 Å². The number of fused-ring (bicyclic) bond motifs is 1. The first kappa shape index (κ1) is 5.53. The predicted molar refractivity (Wildman–Crippen MR) is 38.4 cm³/mol. The molecule has 1 aliphatic rings. The average Bonchev–Trinajstić information content (AvgIpc) is 2.36. The number of nitrogens with zero attached hydrogens (tertiary/aromatic N) is 1. The molecule has 0 fully saturated rings. The summed E-state index contributed by atoms with van der Waals surface area (Å²) in [5, 5.41) is 3.04. The standard InChI is InChI=1S/C7H8N2O/c1-5-7-6(2-3-10-7)9-4-8-5/h2-5H,1H3,(H,8,9). The lowest BCUT2D eigenvalue weighted by Gasteiger charge is -2.12. The van der Waals surface area contributed by atoms with Gasteiger partial charge in [0.1, 0.15) is 5.69 Å². The third-order valence-electron chi connectivity index (χ3n) is 1.59. The molecule has 1 unspecified atom stereocenters. The Morgan fingerprint density at radius 2 is 2.60 bits per heavy atom. The van der Waals surface area contributed by atoms with Crippen molar-refractivity contribution in [3.63, 3.8) is 0 Å². The Labute approximate surface area is 58.8 Å². The molecule has 0 saturated heterocycles. The second kappa shape index (κ2) is 1.87. The monoisotopic (exact) mass is 136 g/mol. The highest BCUT2D eigenvalue weighted by Gasteiger charge is 2.15. The van der Waals surface area contributed by atoms with Crippen LogP contribution in [-0.2, 0) is 0 Å². The van der Waals surface area contributed by atoms with E-state index in [0.29, 0.717) is 0 Å². The SMILES string of the molecule is CC1NC=Nc2ccoc21. The lowest BCUT2D eigenvalue weighted by molar-refractivity contribution is 0.462. The first-order valence-corrected chi connectivity index (χ1v) is 3.24. The van der Waals surface area contributed by atoms with E-state index in [4.69, 9.17) is 4.42 Å². The van der Waals surface area contributed by atoms with Gasteiger partial charge < -0.3 is 9.73 Å². The van der Waals surface area contributed by atoms with Gasteiger partial charge in [0, 0.05) is 6.07 Å². The van der Waals surface area contributed by atoms with Gasteiger partial charge in [-0.1, -0.05) is 0 Å². The fourth-order valence-corrected chi connectivity index (χ4v) is 1.04. The molecule has 3 nitrogen and oxygen atoms in total. The lowest BCUT2D eigenvalue weighted by atomic mass is 10.2. The summed E-state index contributed by atoms with van der Waals surface area (Å²) in [6, 6.07) is 2.12. The van der Waals surface area contributed by atoms with Crippen molar-refractivity contribution in [1.29, 1.82) is 0 Å². The molecule has 52 valence electrons. The van der Waals surface area contributed by atoms with Crippen LogP contribution in [0.1, 0.15) is 18.7 Å². The van der Waals surface area contributed by atoms with Gasteiger partial charge in [0.25, 0.3) is 0 Å². The molecule has 3 heteroatoms. The molecule has 1 N–H and O–H groups in total.